The zero-order valence-corrected chi connectivity index (χ0v) is 18.2. The van der Waals surface area contributed by atoms with Gasteiger partial charge >= 0.3 is 6.03 Å². The summed E-state index contributed by atoms with van der Waals surface area (Å²) in [5.41, 5.74) is 0.860. The highest BCUT2D eigenvalue weighted by Crippen LogP contribution is 2.13. The number of rotatable bonds is 11. The van der Waals surface area contributed by atoms with E-state index < -0.39 is 6.03 Å². The van der Waals surface area contributed by atoms with E-state index in [0.29, 0.717) is 23.4 Å². The van der Waals surface area contributed by atoms with Crippen LogP contribution in [0.1, 0.15) is 44.9 Å². The van der Waals surface area contributed by atoms with Crippen molar-refractivity contribution in [2.75, 3.05) is 13.1 Å². The second-order valence-corrected chi connectivity index (χ2v) is 7.41. The van der Waals surface area contributed by atoms with Crippen LogP contribution in [0, 0.1) is 0 Å². The summed E-state index contributed by atoms with van der Waals surface area (Å²) in [4.78, 5) is 43.3. The van der Waals surface area contributed by atoms with Crippen molar-refractivity contribution < 1.29 is 9.59 Å². The van der Waals surface area contributed by atoms with E-state index in [1.165, 1.54) is 12.6 Å². The maximum absolute atomic E-state index is 12.4. The van der Waals surface area contributed by atoms with Crippen molar-refractivity contribution in [2.45, 2.75) is 45.6 Å². The van der Waals surface area contributed by atoms with Gasteiger partial charge in [0.05, 0.1) is 18.4 Å². The van der Waals surface area contributed by atoms with Crippen LogP contribution in [0.3, 0.4) is 0 Å². The highest BCUT2D eigenvalue weighted by Gasteiger charge is 2.12. The lowest BCUT2D eigenvalue weighted by atomic mass is 10.2. The summed E-state index contributed by atoms with van der Waals surface area (Å²) in [5.74, 6) is 0.215. The third kappa shape index (κ3) is 6.40. The monoisotopic (exact) mass is 439 g/mol. The fourth-order valence-electron chi connectivity index (χ4n) is 3.19. The molecule has 2 aromatic heterocycles. The number of carbonyl (C=O) groups excluding carboxylic acids is 2. The Kier molecular flexibility index (Phi) is 8.36. The molecule has 3 aromatic rings. The van der Waals surface area contributed by atoms with Crippen molar-refractivity contribution in [1.29, 1.82) is 0 Å². The number of H-pyrrole nitrogens is 1. The number of nitrogens with zero attached hydrogens (tertiary/aromatic N) is 3. The first-order valence-corrected chi connectivity index (χ1v) is 10.9. The zero-order valence-electron chi connectivity index (χ0n) is 18.2. The number of nitrogens with one attached hydrogen (secondary N) is 4. The maximum atomic E-state index is 12.4. The number of unbranched alkanes of at least 4 members (excludes halogenated alkanes) is 3. The molecular formula is C22H29N7O3. The molecule has 0 radical (unpaired) electrons. The third-order valence-electron chi connectivity index (χ3n) is 4.89. The van der Waals surface area contributed by atoms with Gasteiger partial charge < -0.3 is 20.9 Å². The van der Waals surface area contributed by atoms with E-state index in [1.54, 1.807) is 4.68 Å². The number of amides is 3. The van der Waals surface area contributed by atoms with Crippen molar-refractivity contribution in [2.24, 2.45) is 0 Å². The first kappa shape index (κ1) is 23.0. The Balaban J connectivity index is 1.48. The molecule has 10 nitrogen and oxygen atoms in total. The number of carbonyl (C=O) groups is 2. The van der Waals surface area contributed by atoms with Crippen LogP contribution in [0.25, 0.3) is 16.7 Å². The molecule has 0 saturated heterocycles. The zero-order chi connectivity index (χ0) is 22.8. The molecule has 170 valence electrons. The van der Waals surface area contributed by atoms with Crippen LogP contribution in [-0.2, 0) is 11.3 Å². The summed E-state index contributed by atoms with van der Waals surface area (Å²) in [5, 5.41) is 12.7. The van der Waals surface area contributed by atoms with E-state index in [9.17, 15) is 14.4 Å². The minimum Gasteiger partial charge on any atom is -0.356 e. The van der Waals surface area contributed by atoms with Gasteiger partial charge in [0.15, 0.2) is 5.65 Å². The number of para-hydroxylation sites is 1. The normalized spacial score (nSPS) is 10.8. The predicted octanol–water partition coefficient (Wildman–Crippen LogP) is 1.99. The summed E-state index contributed by atoms with van der Waals surface area (Å²) in [6.07, 6.45) is 6.06. The summed E-state index contributed by atoms with van der Waals surface area (Å²) in [6, 6.07) is 8.91. The molecule has 32 heavy (non-hydrogen) atoms. The molecule has 0 aliphatic carbocycles. The molecule has 0 bridgehead atoms. The molecule has 0 aliphatic heterocycles. The second-order valence-electron chi connectivity index (χ2n) is 7.41. The smallest absolute Gasteiger partial charge is 0.315 e. The van der Waals surface area contributed by atoms with Gasteiger partial charge in [-0.3, -0.25) is 9.59 Å². The molecule has 0 unspecified atom stereocenters. The molecule has 3 amide bonds. The Morgan fingerprint density at radius 3 is 2.62 bits per heavy atom. The molecule has 4 N–H and O–H groups in total. The first-order chi connectivity index (χ1) is 15.6. The quantitative estimate of drug-likeness (QED) is 0.339. The average Bonchev–Trinajstić information content (AvgIpc) is 3.23. The SMILES string of the molecule is CCCCCCNC(=O)CCNC(=O)NCc1nc2c(cnn2-c2ccccc2)c(=O)[nH]1. The molecule has 0 atom stereocenters. The molecular weight excluding hydrogens is 410 g/mol. The van der Waals surface area contributed by atoms with E-state index in [1.807, 2.05) is 30.3 Å². The average molecular weight is 440 g/mol. The lowest BCUT2D eigenvalue weighted by molar-refractivity contribution is -0.120. The van der Waals surface area contributed by atoms with Crippen LogP contribution in [0.2, 0.25) is 0 Å². The molecule has 0 aliphatic rings. The molecule has 3 rings (SSSR count). The Morgan fingerprint density at radius 1 is 1.03 bits per heavy atom. The Morgan fingerprint density at radius 2 is 1.84 bits per heavy atom. The molecule has 0 fully saturated rings. The van der Waals surface area contributed by atoms with E-state index in [4.69, 9.17) is 0 Å². The van der Waals surface area contributed by atoms with Crippen molar-refractivity contribution in [3.05, 3.63) is 52.7 Å². The summed E-state index contributed by atoms with van der Waals surface area (Å²) >= 11 is 0. The lowest BCUT2D eigenvalue weighted by Crippen LogP contribution is -2.38. The van der Waals surface area contributed by atoms with Crippen molar-refractivity contribution >= 4 is 23.0 Å². The topological polar surface area (TPSA) is 134 Å². The van der Waals surface area contributed by atoms with Gasteiger partial charge in [-0.2, -0.15) is 5.10 Å². The van der Waals surface area contributed by atoms with Crippen LogP contribution in [0.5, 0.6) is 0 Å². The van der Waals surface area contributed by atoms with Gasteiger partial charge in [-0.15, -0.1) is 0 Å². The van der Waals surface area contributed by atoms with Gasteiger partial charge in [-0.25, -0.2) is 14.5 Å². The van der Waals surface area contributed by atoms with E-state index in [2.05, 4.69) is 37.9 Å². The Bertz CT molecular complexity index is 1090. The number of urea groups is 1. The van der Waals surface area contributed by atoms with Crippen LogP contribution in [-0.4, -0.2) is 44.8 Å². The summed E-state index contributed by atoms with van der Waals surface area (Å²) < 4.78 is 1.58. The van der Waals surface area contributed by atoms with Crippen LogP contribution in [0.15, 0.2) is 41.3 Å². The van der Waals surface area contributed by atoms with Gasteiger partial charge in [0.1, 0.15) is 11.2 Å². The summed E-state index contributed by atoms with van der Waals surface area (Å²) in [6.45, 7) is 3.05. The fourth-order valence-corrected chi connectivity index (χ4v) is 3.19. The van der Waals surface area contributed by atoms with Gasteiger partial charge in [-0.1, -0.05) is 44.4 Å². The highest BCUT2D eigenvalue weighted by molar-refractivity contribution is 5.78. The van der Waals surface area contributed by atoms with Gasteiger partial charge in [0.2, 0.25) is 5.91 Å². The van der Waals surface area contributed by atoms with E-state index in [-0.39, 0.29) is 31.0 Å². The van der Waals surface area contributed by atoms with Crippen LogP contribution >= 0.6 is 0 Å². The lowest BCUT2D eigenvalue weighted by Gasteiger charge is -2.08. The maximum Gasteiger partial charge on any atom is 0.315 e. The van der Waals surface area contributed by atoms with Gasteiger partial charge in [-0.05, 0) is 18.6 Å². The first-order valence-electron chi connectivity index (χ1n) is 10.9. The van der Waals surface area contributed by atoms with Crippen LogP contribution < -0.4 is 21.5 Å². The molecule has 2 heterocycles. The summed E-state index contributed by atoms with van der Waals surface area (Å²) in [7, 11) is 0. The predicted molar refractivity (Wildman–Crippen MR) is 121 cm³/mol. The van der Waals surface area contributed by atoms with Crippen molar-refractivity contribution in [3.63, 3.8) is 0 Å². The number of hydrogen-bond donors (Lipinski definition) is 4. The van der Waals surface area contributed by atoms with Crippen LogP contribution in [0.4, 0.5) is 4.79 Å². The Labute approximate surface area is 185 Å². The molecule has 0 saturated carbocycles. The second kappa shape index (κ2) is 11.6. The number of aromatic nitrogens is 4. The number of fused-ring (bicyclic) bond motifs is 1. The number of aromatic amines is 1. The molecule has 0 spiro atoms. The highest BCUT2D eigenvalue weighted by atomic mass is 16.2. The standard InChI is InChI=1S/C22H29N7O3/c1-2-3-4-8-12-23-19(30)11-13-24-22(32)25-15-18-27-20-17(21(31)28-18)14-26-29(20)16-9-6-5-7-10-16/h5-7,9-10,14H,2-4,8,11-13,15H2,1H3,(H,23,30)(H2,24,25,32)(H,27,28,31). The van der Waals surface area contributed by atoms with Gasteiger partial charge in [0, 0.05) is 19.5 Å². The molecule has 1 aromatic carbocycles. The fraction of sp³-hybridized carbons (Fsp3) is 0.409. The minimum atomic E-state index is -0.444. The van der Waals surface area contributed by atoms with E-state index in [0.717, 1.165) is 24.9 Å². The minimum absolute atomic E-state index is 0.0284. The number of benzene rings is 1. The van der Waals surface area contributed by atoms with Crippen molar-refractivity contribution in [3.8, 4) is 5.69 Å². The largest absolute Gasteiger partial charge is 0.356 e. The Hall–Kier alpha value is -3.69. The van der Waals surface area contributed by atoms with E-state index >= 15 is 0 Å². The molecule has 10 heteroatoms. The number of hydrogen-bond acceptors (Lipinski definition) is 5. The third-order valence-corrected chi connectivity index (χ3v) is 4.89. The van der Waals surface area contributed by atoms with Gasteiger partial charge in [0.25, 0.3) is 5.56 Å². The van der Waals surface area contributed by atoms with Crippen molar-refractivity contribution in [1.82, 2.24) is 35.7 Å².